The van der Waals surface area contributed by atoms with Crippen LogP contribution in [0.3, 0.4) is 0 Å². The molecule has 0 saturated carbocycles. The van der Waals surface area contributed by atoms with Crippen molar-refractivity contribution in [3.63, 3.8) is 0 Å². The zero-order valence-electron chi connectivity index (χ0n) is 21.6. The lowest BCUT2D eigenvalue weighted by atomic mass is 10.2. The minimum absolute atomic E-state index is 0.134. The summed E-state index contributed by atoms with van der Waals surface area (Å²) in [6, 6.07) is 10.2. The maximum absolute atomic E-state index is 12.8. The number of nitrogens with zero attached hydrogens (tertiary/aromatic N) is 5. The number of ether oxygens (including phenoxy) is 2. The number of hydrogen-bond donors (Lipinski definition) is 0. The smallest absolute Gasteiger partial charge is 0.330 e. The Balaban J connectivity index is 2.17. The SMILES string of the molecule is C=CC(=O)OCCN(CC)c1ccc(N=Nc2ccc(S(=O)(=O)N(C)CCOC(=O)C=C)cc2[N+](=O)[O-])cc1. The third-order valence-corrected chi connectivity index (χ3v) is 7.16. The number of azo groups is 1. The molecule has 2 rings (SSSR count). The van der Waals surface area contributed by atoms with Gasteiger partial charge in [-0.25, -0.2) is 18.0 Å². The van der Waals surface area contributed by atoms with Crippen LogP contribution in [0.1, 0.15) is 6.92 Å². The van der Waals surface area contributed by atoms with Crippen molar-refractivity contribution < 1.29 is 32.4 Å². The minimum Gasteiger partial charge on any atom is -0.461 e. The summed E-state index contributed by atoms with van der Waals surface area (Å²) in [5.74, 6) is -1.20. The number of rotatable bonds is 15. The van der Waals surface area contributed by atoms with Gasteiger partial charge in [0, 0.05) is 44.0 Å². The highest BCUT2D eigenvalue weighted by Gasteiger charge is 2.25. The van der Waals surface area contributed by atoms with Crippen molar-refractivity contribution in [3.8, 4) is 0 Å². The van der Waals surface area contributed by atoms with Crippen LogP contribution in [-0.2, 0) is 29.1 Å². The molecule has 0 heterocycles. The Morgan fingerprint density at radius 2 is 1.59 bits per heavy atom. The number of sulfonamides is 1. The average Bonchev–Trinajstić information content (AvgIpc) is 2.93. The van der Waals surface area contributed by atoms with E-state index in [0.29, 0.717) is 18.8 Å². The lowest BCUT2D eigenvalue weighted by Gasteiger charge is -2.22. The maximum atomic E-state index is 12.8. The number of likely N-dealkylation sites (N-methyl/N-ethyl adjacent to an activating group) is 2. The summed E-state index contributed by atoms with van der Waals surface area (Å²) >= 11 is 0. The fourth-order valence-electron chi connectivity index (χ4n) is 3.16. The van der Waals surface area contributed by atoms with Crippen LogP contribution >= 0.6 is 0 Å². The van der Waals surface area contributed by atoms with Crippen LogP contribution in [0.4, 0.5) is 22.7 Å². The Labute approximate surface area is 226 Å². The van der Waals surface area contributed by atoms with Crippen molar-refractivity contribution >= 4 is 44.7 Å². The van der Waals surface area contributed by atoms with Crippen LogP contribution in [-0.4, -0.2) is 69.5 Å². The molecule has 0 saturated heterocycles. The second kappa shape index (κ2) is 14.5. The van der Waals surface area contributed by atoms with Crippen molar-refractivity contribution in [3.05, 3.63) is 77.9 Å². The van der Waals surface area contributed by atoms with E-state index in [1.54, 1.807) is 24.3 Å². The van der Waals surface area contributed by atoms with E-state index in [2.05, 4.69) is 23.4 Å². The van der Waals surface area contributed by atoms with E-state index >= 15 is 0 Å². The van der Waals surface area contributed by atoms with Crippen molar-refractivity contribution in [1.82, 2.24) is 4.31 Å². The first-order valence-corrected chi connectivity index (χ1v) is 13.1. The standard InChI is InChI=1S/C25H29N5O8S/c1-5-24(31)37-16-14-28(4)39(35,36)21-12-13-22(23(18-21)30(33)34)27-26-19-8-10-20(11-9-19)29(7-3)15-17-38-25(32)6-2/h5-6,8-13,18H,1-2,7,14-17H2,3-4H3. The number of nitro groups is 1. The van der Waals surface area contributed by atoms with E-state index in [4.69, 9.17) is 9.47 Å². The summed E-state index contributed by atoms with van der Waals surface area (Å²) in [5.41, 5.74) is 0.571. The average molecular weight is 560 g/mol. The molecular weight excluding hydrogens is 530 g/mol. The van der Waals surface area contributed by atoms with Gasteiger partial charge in [-0.05, 0) is 43.3 Å². The number of nitro benzene ring substituents is 1. The van der Waals surface area contributed by atoms with Crippen molar-refractivity contribution in [1.29, 1.82) is 0 Å². The second-order valence-electron chi connectivity index (χ2n) is 7.77. The molecule has 0 atom stereocenters. The first-order valence-electron chi connectivity index (χ1n) is 11.6. The Bertz CT molecular complexity index is 1340. The molecule has 0 spiro atoms. The fraction of sp³-hybridized carbons (Fsp3) is 0.280. The number of anilines is 1. The first-order chi connectivity index (χ1) is 18.5. The van der Waals surface area contributed by atoms with Crippen LogP contribution < -0.4 is 4.90 Å². The Morgan fingerprint density at radius 1 is 1.00 bits per heavy atom. The predicted molar refractivity (Wildman–Crippen MR) is 144 cm³/mol. The molecule has 0 unspecified atom stereocenters. The van der Waals surface area contributed by atoms with Gasteiger partial charge < -0.3 is 14.4 Å². The van der Waals surface area contributed by atoms with Gasteiger partial charge in [-0.3, -0.25) is 10.1 Å². The summed E-state index contributed by atoms with van der Waals surface area (Å²) in [6.07, 6.45) is 2.05. The van der Waals surface area contributed by atoms with Crippen LogP contribution in [0.5, 0.6) is 0 Å². The molecule has 0 N–H and O–H groups in total. The quantitative estimate of drug-likeness (QED) is 0.104. The zero-order chi connectivity index (χ0) is 29.0. The lowest BCUT2D eigenvalue weighted by molar-refractivity contribution is -0.384. The molecule has 13 nitrogen and oxygen atoms in total. The predicted octanol–water partition coefficient (Wildman–Crippen LogP) is 3.92. The van der Waals surface area contributed by atoms with E-state index < -0.39 is 32.6 Å². The third kappa shape index (κ3) is 8.83. The summed E-state index contributed by atoms with van der Waals surface area (Å²) in [7, 11) is -2.85. The van der Waals surface area contributed by atoms with Gasteiger partial charge in [-0.1, -0.05) is 13.2 Å². The number of benzene rings is 2. The highest BCUT2D eigenvalue weighted by Crippen LogP contribution is 2.32. The molecule has 208 valence electrons. The van der Waals surface area contributed by atoms with Gasteiger partial charge in [-0.2, -0.15) is 9.42 Å². The molecule has 0 aliphatic rings. The highest BCUT2D eigenvalue weighted by molar-refractivity contribution is 7.89. The van der Waals surface area contributed by atoms with Gasteiger partial charge in [-0.15, -0.1) is 5.11 Å². The molecule has 2 aromatic carbocycles. The number of carbonyl (C=O) groups excluding carboxylic acids is 2. The molecule has 0 aromatic heterocycles. The van der Waals surface area contributed by atoms with E-state index in [-0.39, 0.29) is 30.3 Å². The summed E-state index contributed by atoms with van der Waals surface area (Å²) in [6.45, 7) is 9.48. The zero-order valence-corrected chi connectivity index (χ0v) is 22.4. The maximum Gasteiger partial charge on any atom is 0.330 e. The molecule has 0 fully saturated rings. The second-order valence-corrected chi connectivity index (χ2v) is 9.82. The summed E-state index contributed by atoms with van der Waals surface area (Å²) in [4.78, 5) is 34.9. The van der Waals surface area contributed by atoms with Crippen LogP contribution in [0.25, 0.3) is 0 Å². The number of carbonyl (C=O) groups is 2. The molecule has 0 amide bonds. The molecule has 0 aliphatic heterocycles. The molecule has 14 heteroatoms. The lowest BCUT2D eigenvalue weighted by Crippen LogP contribution is -2.30. The van der Waals surface area contributed by atoms with E-state index in [1.165, 1.54) is 19.2 Å². The van der Waals surface area contributed by atoms with Crippen molar-refractivity contribution in [2.24, 2.45) is 10.2 Å². The molecule has 0 bridgehead atoms. The van der Waals surface area contributed by atoms with Crippen LogP contribution in [0, 0.1) is 10.1 Å². The van der Waals surface area contributed by atoms with Gasteiger partial charge in [0.15, 0.2) is 5.69 Å². The van der Waals surface area contributed by atoms with Gasteiger partial charge in [0.1, 0.15) is 13.2 Å². The van der Waals surface area contributed by atoms with Gasteiger partial charge in [0.25, 0.3) is 5.69 Å². The van der Waals surface area contributed by atoms with E-state index in [1.807, 2.05) is 11.8 Å². The van der Waals surface area contributed by atoms with Crippen LogP contribution in [0.2, 0.25) is 0 Å². The number of hydrogen-bond acceptors (Lipinski definition) is 11. The van der Waals surface area contributed by atoms with Crippen molar-refractivity contribution in [2.75, 3.05) is 44.8 Å². The monoisotopic (exact) mass is 559 g/mol. The number of esters is 2. The molecule has 0 radical (unpaired) electrons. The largest absolute Gasteiger partial charge is 0.461 e. The topological polar surface area (TPSA) is 161 Å². The molecule has 39 heavy (non-hydrogen) atoms. The normalized spacial score (nSPS) is 11.3. The third-order valence-electron chi connectivity index (χ3n) is 5.31. The van der Waals surface area contributed by atoms with Crippen molar-refractivity contribution in [2.45, 2.75) is 11.8 Å². The fourth-order valence-corrected chi connectivity index (χ4v) is 4.33. The van der Waals surface area contributed by atoms with E-state index in [0.717, 1.165) is 28.2 Å². The molecule has 0 aliphatic carbocycles. The van der Waals surface area contributed by atoms with E-state index in [9.17, 15) is 28.1 Å². The summed E-state index contributed by atoms with van der Waals surface area (Å²) in [5, 5.41) is 19.6. The van der Waals surface area contributed by atoms with Gasteiger partial charge >= 0.3 is 11.9 Å². The first kappa shape index (κ1) is 30.8. The Hall–Kier alpha value is -4.43. The molecular formula is C25H29N5O8S. The highest BCUT2D eigenvalue weighted by atomic mass is 32.2. The van der Waals surface area contributed by atoms with Gasteiger partial charge in [0.05, 0.1) is 22.1 Å². The Kier molecular flexibility index (Phi) is 11.4. The minimum atomic E-state index is -4.11. The van der Waals surface area contributed by atoms with Crippen LogP contribution in [0.15, 0.2) is 82.9 Å². The molecule has 2 aromatic rings. The Morgan fingerprint density at radius 3 is 2.13 bits per heavy atom. The summed E-state index contributed by atoms with van der Waals surface area (Å²) < 4.78 is 36.4. The van der Waals surface area contributed by atoms with Gasteiger partial charge in [0.2, 0.25) is 10.0 Å².